The summed E-state index contributed by atoms with van der Waals surface area (Å²) in [4.78, 5) is 7.64. The number of pyridine rings is 1. The van der Waals surface area contributed by atoms with Gasteiger partial charge >= 0.3 is 0 Å². The molecule has 2 rings (SSSR count). The molecule has 3 nitrogen and oxygen atoms in total. The minimum Gasteiger partial charge on any atom is -0.362 e. The van der Waals surface area contributed by atoms with Crippen molar-refractivity contribution in [1.82, 2.24) is 9.38 Å². The van der Waals surface area contributed by atoms with Crippen LogP contribution in [0, 0.1) is 13.5 Å². The first-order chi connectivity index (χ1) is 5.83. The van der Waals surface area contributed by atoms with E-state index in [1.807, 2.05) is 31.3 Å². The number of fused-ring (bicyclic) bond motifs is 1. The largest absolute Gasteiger partial charge is 0.362 e. The Kier molecular flexibility index (Phi) is 1.34. The van der Waals surface area contributed by atoms with Gasteiger partial charge < -0.3 is 4.85 Å². The van der Waals surface area contributed by atoms with Gasteiger partial charge in [0.25, 0.3) is 5.82 Å². The Morgan fingerprint density at radius 2 is 2.33 bits per heavy atom. The third-order valence-corrected chi connectivity index (χ3v) is 1.78. The Balaban J connectivity index is 2.93. The van der Waals surface area contributed by atoms with Crippen LogP contribution in [-0.2, 0) is 0 Å². The zero-order chi connectivity index (χ0) is 8.55. The Morgan fingerprint density at radius 3 is 3.08 bits per heavy atom. The Morgan fingerprint density at radius 1 is 1.50 bits per heavy atom. The summed E-state index contributed by atoms with van der Waals surface area (Å²) >= 11 is 0. The number of aryl methyl sites for hydroxylation is 1. The molecule has 0 bridgehead atoms. The van der Waals surface area contributed by atoms with E-state index in [0.717, 1.165) is 11.3 Å². The summed E-state index contributed by atoms with van der Waals surface area (Å²) in [5.74, 6) is 0.602. The number of hydrogen-bond donors (Lipinski definition) is 0. The number of hydrogen-bond acceptors (Lipinski definition) is 1. The Labute approximate surface area is 70.1 Å². The van der Waals surface area contributed by atoms with Crippen molar-refractivity contribution in [2.24, 2.45) is 0 Å². The van der Waals surface area contributed by atoms with Crippen molar-refractivity contribution in [3.63, 3.8) is 0 Å². The molecule has 0 aromatic carbocycles. The zero-order valence-electron chi connectivity index (χ0n) is 6.65. The van der Waals surface area contributed by atoms with Crippen molar-refractivity contribution in [2.45, 2.75) is 6.92 Å². The van der Waals surface area contributed by atoms with Gasteiger partial charge in [-0.1, -0.05) is 12.6 Å². The second-order valence-electron chi connectivity index (χ2n) is 2.56. The standard InChI is InChI=1S/C9H7N3/c1-7-9(10-2)12-6-4-3-5-8(12)11-7/h3-6H,1H3. The van der Waals surface area contributed by atoms with E-state index in [0.29, 0.717) is 5.82 Å². The van der Waals surface area contributed by atoms with E-state index in [1.165, 1.54) is 0 Å². The minimum atomic E-state index is 0.602. The smallest absolute Gasteiger partial charge is 0.257 e. The van der Waals surface area contributed by atoms with Crippen LogP contribution in [0.1, 0.15) is 5.69 Å². The van der Waals surface area contributed by atoms with Crippen LogP contribution < -0.4 is 0 Å². The average Bonchev–Trinajstić information content (AvgIpc) is 2.40. The van der Waals surface area contributed by atoms with Crippen LogP contribution in [0.2, 0.25) is 0 Å². The Hall–Kier alpha value is -1.82. The van der Waals surface area contributed by atoms with Crippen LogP contribution in [0.25, 0.3) is 10.5 Å². The van der Waals surface area contributed by atoms with E-state index in [4.69, 9.17) is 6.57 Å². The summed E-state index contributed by atoms with van der Waals surface area (Å²) in [7, 11) is 0. The molecule has 3 heteroatoms. The number of aromatic nitrogens is 2. The molecule has 0 unspecified atom stereocenters. The fourth-order valence-corrected chi connectivity index (χ4v) is 1.24. The number of imidazole rings is 1. The summed E-state index contributed by atoms with van der Waals surface area (Å²) < 4.78 is 1.79. The van der Waals surface area contributed by atoms with Gasteiger partial charge in [-0.25, -0.2) is 9.38 Å². The van der Waals surface area contributed by atoms with E-state index in [-0.39, 0.29) is 0 Å². The van der Waals surface area contributed by atoms with Gasteiger partial charge in [0.15, 0.2) is 0 Å². The van der Waals surface area contributed by atoms with E-state index in [9.17, 15) is 0 Å². The molecule has 58 valence electrons. The van der Waals surface area contributed by atoms with Crippen LogP contribution in [0.3, 0.4) is 0 Å². The first-order valence-electron chi connectivity index (χ1n) is 3.64. The molecule has 0 aliphatic rings. The average molecular weight is 157 g/mol. The maximum atomic E-state index is 6.95. The monoisotopic (exact) mass is 157 g/mol. The summed E-state index contributed by atoms with van der Waals surface area (Å²) in [6.45, 7) is 8.80. The molecule has 0 spiro atoms. The Bertz CT molecular complexity index is 462. The second kappa shape index (κ2) is 2.35. The second-order valence-corrected chi connectivity index (χ2v) is 2.56. The van der Waals surface area contributed by atoms with Gasteiger partial charge in [-0.15, -0.1) is 0 Å². The molecule has 0 radical (unpaired) electrons. The number of rotatable bonds is 0. The molecular weight excluding hydrogens is 150 g/mol. The third kappa shape index (κ3) is 0.785. The summed E-state index contributed by atoms with van der Waals surface area (Å²) in [5, 5.41) is 0. The van der Waals surface area contributed by atoms with Crippen LogP contribution in [0.5, 0.6) is 0 Å². The fraction of sp³-hybridized carbons (Fsp3) is 0.111. The van der Waals surface area contributed by atoms with Crippen molar-refractivity contribution in [1.29, 1.82) is 0 Å². The maximum Gasteiger partial charge on any atom is 0.257 e. The van der Waals surface area contributed by atoms with Gasteiger partial charge in [0.2, 0.25) is 5.65 Å². The van der Waals surface area contributed by atoms with E-state index >= 15 is 0 Å². The maximum absolute atomic E-state index is 6.95. The molecule has 0 saturated carbocycles. The van der Waals surface area contributed by atoms with Crippen molar-refractivity contribution in [3.8, 4) is 0 Å². The molecule has 0 fully saturated rings. The van der Waals surface area contributed by atoms with Crippen molar-refractivity contribution < 1.29 is 0 Å². The van der Waals surface area contributed by atoms with Gasteiger partial charge in [0.1, 0.15) is 0 Å². The lowest BCUT2D eigenvalue weighted by Crippen LogP contribution is -1.79. The molecule has 2 aromatic rings. The SMILES string of the molecule is [C-]#[N+]c1c(C)nc2ccccn12. The molecule has 0 aliphatic heterocycles. The van der Waals surface area contributed by atoms with Gasteiger partial charge in [0, 0.05) is 6.07 Å². The fourth-order valence-electron chi connectivity index (χ4n) is 1.24. The highest BCUT2D eigenvalue weighted by molar-refractivity contribution is 5.55. The highest BCUT2D eigenvalue weighted by Gasteiger charge is 2.06. The van der Waals surface area contributed by atoms with Gasteiger partial charge in [-0.3, -0.25) is 0 Å². The summed E-state index contributed by atoms with van der Waals surface area (Å²) in [5.41, 5.74) is 1.62. The van der Waals surface area contributed by atoms with Crippen LogP contribution >= 0.6 is 0 Å². The van der Waals surface area contributed by atoms with Crippen molar-refractivity contribution >= 4 is 11.5 Å². The van der Waals surface area contributed by atoms with Crippen molar-refractivity contribution in [3.05, 3.63) is 41.5 Å². The molecular formula is C9H7N3. The van der Waals surface area contributed by atoms with Gasteiger partial charge in [-0.05, 0) is 13.0 Å². The van der Waals surface area contributed by atoms with Crippen LogP contribution in [0.4, 0.5) is 5.82 Å². The lowest BCUT2D eigenvalue weighted by molar-refractivity contribution is 1.20. The first kappa shape index (κ1) is 6.86. The zero-order valence-corrected chi connectivity index (χ0v) is 6.65. The molecule has 0 N–H and O–H groups in total. The first-order valence-corrected chi connectivity index (χ1v) is 3.64. The van der Waals surface area contributed by atoms with E-state index in [2.05, 4.69) is 9.83 Å². The highest BCUT2D eigenvalue weighted by Crippen LogP contribution is 2.19. The van der Waals surface area contributed by atoms with Gasteiger partial charge in [-0.2, -0.15) is 0 Å². The topological polar surface area (TPSA) is 21.7 Å². The molecule has 0 amide bonds. The lowest BCUT2D eigenvalue weighted by Gasteiger charge is -1.89. The molecule has 0 saturated heterocycles. The number of nitrogens with zero attached hydrogens (tertiary/aromatic N) is 3. The minimum absolute atomic E-state index is 0.602. The summed E-state index contributed by atoms with van der Waals surface area (Å²) in [6, 6.07) is 5.69. The van der Waals surface area contributed by atoms with E-state index in [1.54, 1.807) is 4.40 Å². The molecule has 2 aromatic heterocycles. The van der Waals surface area contributed by atoms with Crippen molar-refractivity contribution in [2.75, 3.05) is 0 Å². The normalized spacial score (nSPS) is 10.0. The predicted molar refractivity (Wildman–Crippen MR) is 46.2 cm³/mol. The molecule has 0 aliphatic carbocycles. The lowest BCUT2D eigenvalue weighted by atomic mass is 10.5. The van der Waals surface area contributed by atoms with E-state index < -0.39 is 0 Å². The molecule has 12 heavy (non-hydrogen) atoms. The van der Waals surface area contributed by atoms with Crippen LogP contribution in [-0.4, -0.2) is 9.38 Å². The highest BCUT2D eigenvalue weighted by atomic mass is 15.1. The quantitative estimate of drug-likeness (QED) is 0.537. The van der Waals surface area contributed by atoms with Crippen LogP contribution in [0.15, 0.2) is 24.4 Å². The summed E-state index contributed by atoms with van der Waals surface area (Å²) in [6.07, 6.45) is 1.85. The third-order valence-electron chi connectivity index (χ3n) is 1.78. The molecule has 2 heterocycles. The molecule has 0 atom stereocenters. The predicted octanol–water partition coefficient (Wildman–Crippen LogP) is 2.19. The van der Waals surface area contributed by atoms with Gasteiger partial charge in [0.05, 0.1) is 11.9 Å².